The van der Waals surface area contributed by atoms with E-state index >= 15 is 0 Å². The predicted molar refractivity (Wildman–Crippen MR) is 73.7 cm³/mol. The second-order valence-electron chi connectivity index (χ2n) is 4.72. The molecule has 0 radical (unpaired) electrons. The Labute approximate surface area is 110 Å². The van der Waals surface area contributed by atoms with E-state index in [9.17, 15) is 4.79 Å². The molecule has 1 rings (SSSR count). The van der Waals surface area contributed by atoms with Crippen LogP contribution in [0.15, 0.2) is 30.3 Å². The molecule has 3 heteroatoms. The fourth-order valence-corrected chi connectivity index (χ4v) is 1.71. The Balaban J connectivity index is 2.03. The van der Waals surface area contributed by atoms with Gasteiger partial charge >= 0.3 is 5.97 Å². The Morgan fingerprint density at radius 3 is 2.39 bits per heavy atom. The monoisotopic (exact) mass is 249 g/mol. The van der Waals surface area contributed by atoms with Gasteiger partial charge in [0.1, 0.15) is 0 Å². The van der Waals surface area contributed by atoms with Crippen LogP contribution in [0.5, 0.6) is 0 Å². The van der Waals surface area contributed by atoms with Crippen molar-refractivity contribution in [2.75, 3.05) is 27.2 Å². The minimum absolute atomic E-state index is 0.219. The van der Waals surface area contributed by atoms with Crippen LogP contribution in [0.4, 0.5) is 0 Å². The molecule has 0 N–H and O–H groups in total. The normalized spacial score (nSPS) is 10.6. The molecule has 0 saturated carbocycles. The van der Waals surface area contributed by atoms with Gasteiger partial charge in [-0.3, -0.25) is 0 Å². The second-order valence-corrected chi connectivity index (χ2v) is 4.72. The van der Waals surface area contributed by atoms with Gasteiger partial charge in [-0.05, 0) is 45.6 Å². The highest BCUT2D eigenvalue weighted by atomic mass is 16.5. The smallest absolute Gasteiger partial charge is 0.338 e. The Morgan fingerprint density at radius 1 is 1.06 bits per heavy atom. The number of unbranched alkanes of at least 4 members (excludes halogenated alkanes) is 3. The topological polar surface area (TPSA) is 29.5 Å². The van der Waals surface area contributed by atoms with Crippen LogP contribution in [-0.4, -0.2) is 38.1 Å². The number of benzene rings is 1. The molecule has 1 aromatic carbocycles. The Morgan fingerprint density at radius 2 is 1.72 bits per heavy atom. The highest BCUT2D eigenvalue weighted by molar-refractivity contribution is 5.89. The van der Waals surface area contributed by atoms with Crippen molar-refractivity contribution >= 4 is 5.97 Å². The van der Waals surface area contributed by atoms with Gasteiger partial charge in [0.25, 0.3) is 0 Å². The third kappa shape index (κ3) is 6.40. The zero-order valence-corrected chi connectivity index (χ0v) is 11.4. The van der Waals surface area contributed by atoms with E-state index in [-0.39, 0.29) is 5.97 Å². The predicted octanol–water partition coefficient (Wildman–Crippen LogP) is 2.97. The van der Waals surface area contributed by atoms with E-state index in [1.54, 1.807) is 12.1 Å². The molecule has 18 heavy (non-hydrogen) atoms. The fraction of sp³-hybridized carbons (Fsp3) is 0.533. The van der Waals surface area contributed by atoms with Crippen molar-refractivity contribution in [2.45, 2.75) is 25.7 Å². The lowest BCUT2D eigenvalue weighted by Gasteiger charge is -2.08. The molecule has 0 unspecified atom stereocenters. The maximum atomic E-state index is 11.6. The molecule has 0 aliphatic carbocycles. The minimum Gasteiger partial charge on any atom is -0.462 e. The Bertz CT molecular complexity index is 336. The molecule has 1 aromatic rings. The summed E-state index contributed by atoms with van der Waals surface area (Å²) in [6.45, 7) is 1.65. The maximum Gasteiger partial charge on any atom is 0.338 e. The Hall–Kier alpha value is -1.35. The largest absolute Gasteiger partial charge is 0.462 e. The number of esters is 1. The van der Waals surface area contributed by atoms with Gasteiger partial charge in [-0.25, -0.2) is 4.79 Å². The van der Waals surface area contributed by atoms with E-state index in [0.717, 1.165) is 19.4 Å². The van der Waals surface area contributed by atoms with Gasteiger partial charge in [0.15, 0.2) is 0 Å². The number of nitrogens with zero attached hydrogens (tertiary/aromatic N) is 1. The van der Waals surface area contributed by atoms with Gasteiger partial charge in [-0.15, -0.1) is 0 Å². The molecule has 0 heterocycles. The first-order valence-electron chi connectivity index (χ1n) is 6.57. The lowest BCUT2D eigenvalue weighted by Crippen LogP contribution is -2.12. The number of hydrogen-bond donors (Lipinski definition) is 0. The van der Waals surface area contributed by atoms with E-state index in [0.29, 0.717) is 12.2 Å². The van der Waals surface area contributed by atoms with Gasteiger partial charge in [0, 0.05) is 0 Å². The molecule has 0 aliphatic rings. The zero-order chi connectivity index (χ0) is 13.2. The van der Waals surface area contributed by atoms with E-state index in [1.165, 1.54) is 12.8 Å². The summed E-state index contributed by atoms with van der Waals surface area (Å²) < 4.78 is 5.21. The third-order valence-electron chi connectivity index (χ3n) is 2.74. The highest BCUT2D eigenvalue weighted by Gasteiger charge is 2.04. The first kappa shape index (κ1) is 14.7. The first-order valence-corrected chi connectivity index (χ1v) is 6.57. The fourth-order valence-electron chi connectivity index (χ4n) is 1.71. The molecule has 0 aliphatic heterocycles. The summed E-state index contributed by atoms with van der Waals surface area (Å²) in [7, 11) is 4.17. The van der Waals surface area contributed by atoms with Crippen molar-refractivity contribution in [1.82, 2.24) is 4.90 Å². The molecule has 3 nitrogen and oxygen atoms in total. The molecule has 0 spiro atoms. The standard InChI is InChI=1S/C15H23NO2/c1-16(2)12-8-3-4-9-13-18-15(17)14-10-6-5-7-11-14/h5-7,10-11H,3-4,8-9,12-13H2,1-2H3. The zero-order valence-electron chi connectivity index (χ0n) is 11.4. The van der Waals surface area contributed by atoms with Gasteiger partial charge in [-0.1, -0.05) is 31.0 Å². The number of ether oxygens (including phenoxy) is 1. The molecule has 0 aromatic heterocycles. The summed E-state index contributed by atoms with van der Waals surface area (Å²) in [5, 5.41) is 0. The van der Waals surface area contributed by atoms with Crippen LogP contribution >= 0.6 is 0 Å². The van der Waals surface area contributed by atoms with Crippen LogP contribution in [0.2, 0.25) is 0 Å². The number of rotatable bonds is 8. The van der Waals surface area contributed by atoms with Crippen LogP contribution in [0, 0.1) is 0 Å². The van der Waals surface area contributed by atoms with Gasteiger partial charge < -0.3 is 9.64 Å². The second kappa shape index (κ2) is 8.70. The van der Waals surface area contributed by atoms with Crippen LogP contribution in [0.25, 0.3) is 0 Å². The summed E-state index contributed by atoms with van der Waals surface area (Å²) in [6.07, 6.45) is 4.47. The number of carbonyl (C=O) groups excluding carboxylic acids is 1. The SMILES string of the molecule is CN(C)CCCCCCOC(=O)c1ccccc1. The van der Waals surface area contributed by atoms with Crippen molar-refractivity contribution in [3.8, 4) is 0 Å². The highest BCUT2D eigenvalue weighted by Crippen LogP contribution is 2.04. The van der Waals surface area contributed by atoms with Crippen LogP contribution in [-0.2, 0) is 4.74 Å². The van der Waals surface area contributed by atoms with Crippen molar-refractivity contribution in [3.63, 3.8) is 0 Å². The molecule has 0 fully saturated rings. The average molecular weight is 249 g/mol. The summed E-state index contributed by atoms with van der Waals surface area (Å²) in [5.41, 5.74) is 0.630. The molecular formula is C15H23NO2. The van der Waals surface area contributed by atoms with Crippen molar-refractivity contribution in [2.24, 2.45) is 0 Å². The third-order valence-corrected chi connectivity index (χ3v) is 2.74. The van der Waals surface area contributed by atoms with Gasteiger partial charge in [0.2, 0.25) is 0 Å². The molecule has 0 saturated heterocycles. The summed E-state index contributed by atoms with van der Waals surface area (Å²) in [6, 6.07) is 9.13. The van der Waals surface area contributed by atoms with Crippen molar-refractivity contribution in [1.29, 1.82) is 0 Å². The number of carbonyl (C=O) groups is 1. The first-order chi connectivity index (χ1) is 8.70. The van der Waals surface area contributed by atoms with E-state index in [2.05, 4.69) is 19.0 Å². The van der Waals surface area contributed by atoms with Crippen LogP contribution < -0.4 is 0 Å². The summed E-state index contributed by atoms with van der Waals surface area (Å²) in [4.78, 5) is 13.8. The maximum absolute atomic E-state index is 11.6. The van der Waals surface area contributed by atoms with Crippen LogP contribution in [0.1, 0.15) is 36.0 Å². The van der Waals surface area contributed by atoms with Crippen LogP contribution in [0.3, 0.4) is 0 Å². The van der Waals surface area contributed by atoms with Crippen molar-refractivity contribution in [3.05, 3.63) is 35.9 Å². The van der Waals surface area contributed by atoms with E-state index < -0.39 is 0 Å². The number of hydrogen-bond acceptors (Lipinski definition) is 3. The van der Waals surface area contributed by atoms with E-state index in [1.807, 2.05) is 18.2 Å². The lowest BCUT2D eigenvalue weighted by molar-refractivity contribution is 0.0497. The quantitative estimate of drug-likeness (QED) is 0.524. The molecular weight excluding hydrogens is 226 g/mol. The molecule has 0 atom stereocenters. The van der Waals surface area contributed by atoms with Crippen molar-refractivity contribution < 1.29 is 9.53 Å². The van der Waals surface area contributed by atoms with Gasteiger partial charge in [-0.2, -0.15) is 0 Å². The molecule has 100 valence electrons. The van der Waals surface area contributed by atoms with E-state index in [4.69, 9.17) is 4.74 Å². The molecule has 0 amide bonds. The average Bonchev–Trinajstić information content (AvgIpc) is 2.38. The summed E-state index contributed by atoms with van der Waals surface area (Å²) >= 11 is 0. The summed E-state index contributed by atoms with van der Waals surface area (Å²) in [5.74, 6) is -0.219. The van der Waals surface area contributed by atoms with Gasteiger partial charge in [0.05, 0.1) is 12.2 Å². The minimum atomic E-state index is -0.219. The Kier molecular flexibility index (Phi) is 7.11. The molecule has 0 bridgehead atoms. The lowest BCUT2D eigenvalue weighted by atomic mass is 10.2.